The molecule has 6 amide bonds. The lowest BCUT2D eigenvalue weighted by molar-refractivity contribution is -0.143. The number of ketones is 1. The zero-order chi connectivity index (χ0) is 43.8. The molecule has 15 nitrogen and oxygen atoms in total. The summed E-state index contributed by atoms with van der Waals surface area (Å²) in [5.74, 6) is -3.30. The maximum Gasteiger partial charge on any atom is 0.410 e. The molecule has 0 aromatic heterocycles. The number of likely N-dealkylation sites (tertiary alicyclic amines) is 1. The number of amides is 6. The summed E-state index contributed by atoms with van der Waals surface area (Å²) in [6, 6.07) is 3.48. The summed E-state index contributed by atoms with van der Waals surface area (Å²) >= 11 is 0. The van der Waals surface area contributed by atoms with Crippen LogP contribution in [0, 0.1) is 5.41 Å². The number of benzene rings is 1. The van der Waals surface area contributed by atoms with Crippen molar-refractivity contribution in [2.45, 2.75) is 154 Å². The molecule has 3 aliphatic rings. The van der Waals surface area contributed by atoms with E-state index in [-0.39, 0.29) is 31.7 Å². The van der Waals surface area contributed by atoms with Gasteiger partial charge >= 0.3 is 12.1 Å². The molecule has 1 aromatic carbocycles. The fourth-order valence-electron chi connectivity index (χ4n) is 7.94. The fourth-order valence-corrected chi connectivity index (χ4v) is 9.46. The van der Waals surface area contributed by atoms with Gasteiger partial charge in [-0.15, -0.1) is 6.58 Å². The zero-order valence-electron chi connectivity index (χ0n) is 36.0. The van der Waals surface area contributed by atoms with Crippen molar-refractivity contribution < 1.29 is 41.9 Å². The first-order valence-electron chi connectivity index (χ1n) is 21.0. The van der Waals surface area contributed by atoms with E-state index < -0.39 is 85.4 Å². The Labute approximate surface area is 350 Å². The van der Waals surface area contributed by atoms with E-state index in [0.29, 0.717) is 45.2 Å². The number of unbranched alkanes of at least 4 members (excludes halogenated alkanes) is 1. The Morgan fingerprint density at radius 2 is 1.64 bits per heavy atom. The third-order valence-electron chi connectivity index (χ3n) is 11.6. The first kappa shape index (κ1) is 47.2. The highest BCUT2D eigenvalue weighted by atomic mass is 32.2. The molecule has 4 rings (SSSR count). The Kier molecular flexibility index (Phi) is 15.8. The van der Waals surface area contributed by atoms with Crippen LogP contribution in [0.5, 0.6) is 0 Å². The molecule has 1 saturated heterocycles. The van der Waals surface area contributed by atoms with Crippen LogP contribution >= 0.6 is 0 Å². The average molecular weight is 843 g/mol. The van der Waals surface area contributed by atoms with E-state index in [1.165, 1.54) is 11.0 Å². The van der Waals surface area contributed by atoms with Gasteiger partial charge in [0.25, 0.3) is 5.91 Å². The number of fused-ring (bicyclic) bond motifs is 1. The molecule has 0 bridgehead atoms. The summed E-state index contributed by atoms with van der Waals surface area (Å²) in [6.07, 6.45) is 5.14. The van der Waals surface area contributed by atoms with Gasteiger partial charge in [-0.05, 0) is 63.0 Å². The summed E-state index contributed by atoms with van der Waals surface area (Å²) in [7, 11) is -3.64. The average Bonchev–Trinajstić information content (AvgIpc) is 3.59. The van der Waals surface area contributed by atoms with Gasteiger partial charge in [-0.25, -0.2) is 18.0 Å². The highest BCUT2D eigenvalue weighted by Gasteiger charge is 2.48. The second-order valence-electron chi connectivity index (χ2n) is 18.4. The standard InChI is InChI=1S/C43H66N6O9S/c1-9-11-19-32(34(50)37(52)44-23-10-2)45-36(51)33-25-31(58-40(55)48-24-20-29-17-13-14-18-30(29)26-48)27-49(33)38(53)35(41(3,4)5)46-39(54)47-43(21-15-12-16-22-43)28-59(56,57)42(6,7)8/h10,13-14,17-18,31-33,35H,2,9,11-12,15-16,19-28H2,1,3-8H3,(H,44,52)(H,45,51)(H2,46,47,54). The van der Waals surface area contributed by atoms with Crippen LogP contribution in [0.3, 0.4) is 0 Å². The smallest absolute Gasteiger partial charge is 0.410 e. The lowest BCUT2D eigenvalue weighted by atomic mass is 9.83. The molecule has 0 radical (unpaired) electrons. The predicted octanol–water partition coefficient (Wildman–Crippen LogP) is 4.33. The monoisotopic (exact) mass is 842 g/mol. The Bertz CT molecular complexity index is 1830. The molecule has 0 spiro atoms. The molecule has 16 heteroatoms. The van der Waals surface area contributed by atoms with E-state index >= 15 is 0 Å². The number of ether oxygens (including phenoxy) is 1. The minimum absolute atomic E-state index is 0.0574. The Morgan fingerprint density at radius 3 is 2.25 bits per heavy atom. The lowest BCUT2D eigenvalue weighted by Gasteiger charge is -2.41. The topological polar surface area (TPSA) is 200 Å². The van der Waals surface area contributed by atoms with E-state index in [1.807, 2.05) is 31.2 Å². The molecular formula is C43H66N6O9S. The summed E-state index contributed by atoms with van der Waals surface area (Å²) in [6.45, 7) is 16.3. The molecule has 4 N–H and O–H groups in total. The molecule has 2 aliphatic heterocycles. The fraction of sp³-hybridized carbons (Fsp3) is 0.674. The van der Waals surface area contributed by atoms with Gasteiger partial charge in [-0.2, -0.15) is 0 Å². The molecule has 59 heavy (non-hydrogen) atoms. The number of carbonyl (C=O) groups is 6. The van der Waals surface area contributed by atoms with Crippen LogP contribution in [-0.2, 0) is 46.7 Å². The van der Waals surface area contributed by atoms with Gasteiger partial charge < -0.3 is 35.8 Å². The van der Waals surface area contributed by atoms with Crippen molar-refractivity contribution in [2.75, 3.05) is 25.4 Å². The van der Waals surface area contributed by atoms with Crippen molar-refractivity contribution in [1.82, 2.24) is 31.1 Å². The lowest BCUT2D eigenvalue weighted by Crippen LogP contribution is -2.63. The van der Waals surface area contributed by atoms with Gasteiger partial charge in [0.2, 0.25) is 17.6 Å². The Balaban J connectivity index is 1.61. The second kappa shape index (κ2) is 19.7. The predicted molar refractivity (Wildman–Crippen MR) is 225 cm³/mol. The summed E-state index contributed by atoms with van der Waals surface area (Å²) in [5, 5.41) is 11.0. The number of urea groups is 1. The number of nitrogens with zero attached hydrogens (tertiary/aromatic N) is 2. The van der Waals surface area contributed by atoms with Crippen molar-refractivity contribution in [1.29, 1.82) is 0 Å². The van der Waals surface area contributed by atoms with Crippen LogP contribution in [-0.4, -0.2) is 114 Å². The number of rotatable bonds is 15. The number of hydrogen-bond donors (Lipinski definition) is 4. The minimum atomic E-state index is -3.64. The SMILES string of the molecule is C=CCNC(=O)C(=O)C(CCCC)NC(=O)C1CC(OC(=O)N2CCc3ccccc3C2)CN1C(=O)C(NC(=O)NC1(CS(=O)(=O)C(C)(C)C)CCCCC1)C(C)(C)C. The van der Waals surface area contributed by atoms with Gasteiger partial charge in [-0.1, -0.05) is 90.1 Å². The zero-order valence-corrected chi connectivity index (χ0v) is 36.8. The van der Waals surface area contributed by atoms with Gasteiger partial charge in [0.05, 0.1) is 28.6 Å². The molecule has 1 aromatic rings. The Hall–Kier alpha value is -4.47. The van der Waals surface area contributed by atoms with Crippen LogP contribution in [0.15, 0.2) is 36.9 Å². The summed E-state index contributed by atoms with van der Waals surface area (Å²) in [4.78, 5) is 85.4. The quantitative estimate of drug-likeness (QED) is 0.147. The molecule has 2 fully saturated rings. The molecule has 1 saturated carbocycles. The molecule has 1 aliphatic carbocycles. The number of Topliss-reactive ketones (excluding diaryl/α,β-unsaturated/α-hetero) is 1. The second-order valence-corrected chi connectivity index (χ2v) is 21.1. The highest BCUT2D eigenvalue weighted by molar-refractivity contribution is 7.92. The van der Waals surface area contributed by atoms with Gasteiger partial charge in [0.1, 0.15) is 18.2 Å². The van der Waals surface area contributed by atoms with Crippen molar-refractivity contribution in [3.63, 3.8) is 0 Å². The Morgan fingerprint density at radius 1 is 0.983 bits per heavy atom. The molecule has 4 atom stereocenters. The van der Waals surface area contributed by atoms with Crippen LogP contribution in [0.2, 0.25) is 0 Å². The third-order valence-corrected chi connectivity index (χ3v) is 14.4. The first-order valence-corrected chi connectivity index (χ1v) is 22.6. The van der Waals surface area contributed by atoms with Crippen molar-refractivity contribution in [3.8, 4) is 0 Å². The maximum absolute atomic E-state index is 14.8. The maximum atomic E-state index is 14.8. The van der Waals surface area contributed by atoms with Gasteiger partial charge in [0.15, 0.2) is 9.84 Å². The van der Waals surface area contributed by atoms with Gasteiger partial charge in [0, 0.05) is 26.1 Å². The van der Waals surface area contributed by atoms with Crippen LogP contribution in [0.25, 0.3) is 0 Å². The van der Waals surface area contributed by atoms with E-state index in [0.717, 1.165) is 30.4 Å². The molecule has 2 heterocycles. The van der Waals surface area contributed by atoms with Crippen LogP contribution in [0.1, 0.15) is 117 Å². The van der Waals surface area contributed by atoms with Crippen molar-refractivity contribution >= 4 is 45.5 Å². The number of sulfone groups is 1. The largest absolute Gasteiger partial charge is 0.444 e. The van der Waals surface area contributed by atoms with Crippen molar-refractivity contribution in [2.24, 2.45) is 5.41 Å². The molecule has 4 unspecified atom stereocenters. The van der Waals surface area contributed by atoms with E-state index in [1.54, 1.807) is 46.4 Å². The normalized spacial score (nSPS) is 20.3. The van der Waals surface area contributed by atoms with Crippen molar-refractivity contribution in [3.05, 3.63) is 48.0 Å². The number of nitrogens with one attached hydrogen (secondary N) is 4. The number of carbonyl (C=O) groups excluding carboxylic acids is 6. The highest BCUT2D eigenvalue weighted by Crippen LogP contribution is 2.33. The third kappa shape index (κ3) is 12.3. The van der Waals surface area contributed by atoms with Crippen LogP contribution < -0.4 is 21.3 Å². The van der Waals surface area contributed by atoms with E-state index in [4.69, 9.17) is 4.74 Å². The first-order chi connectivity index (χ1) is 27.6. The summed E-state index contributed by atoms with van der Waals surface area (Å²) < 4.78 is 31.8. The van der Waals surface area contributed by atoms with E-state index in [2.05, 4.69) is 27.8 Å². The summed E-state index contributed by atoms with van der Waals surface area (Å²) in [5.41, 5.74) is 0.194. The molecular weight excluding hydrogens is 777 g/mol. The minimum Gasteiger partial charge on any atom is -0.444 e. The molecule has 328 valence electrons. The van der Waals surface area contributed by atoms with Crippen LogP contribution in [0.4, 0.5) is 9.59 Å². The van der Waals surface area contributed by atoms with Gasteiger partial charge in [-0.3, -0.25) is 19.2 Å². The van der Waals surface area contributed by atoms with E-state index in [9.17, 15) is 37.2 Å². The number of hydrogen-bond acceptors (Lipinski definition) is 9.